The van der Waals surface area contributed by atoms with E-state index in [0.29, 0.717) is 22.3 Å². The second kappa shape index (κ2) is 7.33. The maximum Gasteiger partial charge on any atom is 0.340 e. The van der Waals surface area contributed by atoms with Crippen molar-refractivity contribution in [2.75, 3.05) is 11.5 Å². The van der Waals surface area contributed by atoms with Crippen LogP contribution in [0.5, 0.6) is 0 Å². The maximum absolute atomic E-state index is 14.1. The molecule has 174 valence electrons. The number of rotatable bonds is 4. The number of imide groups is 1. The van der Waals surface area contributed by atoms with Crippen LogP contribution in [-0.4, -0.2) is 29.3 Å². The van der Waals surface area contributed by atoms with Gasteiger partial charge in [0, 0.05) is 22.0 Å². The normalized spacial score (nSPS) is 25.6. The lowest BCUT2D eigenvalue weighted by Crippen LogP contribution is -2.57. The molecule has 8 heteroatoms. The van der Waals surface area contributed by atoms with Crippen molar-refractivity contribution in [2.24, 2.45) is 11.8 Å². The van der Waals surface area contributed by atoms with Gasteiger partial charge >= 0.3 is 5.97 Å². The number of hydrogen-bond donors (Lipinski definition) is 0. The van der Waals surface area contributed by atoms with Crippen molar-refractivity contribution in [3.05, 3.63) is 111 Å². The minimum atomic E-state index is -1.91. The Balaban J connectivity index is 1.62. The Morgan fingerprint density at radius 3 is 2.11 bits per heavy atom. The van der Waals surface area contributed by atoms with E-state index >= 15 is 0 Å². The second-order valence-electron chi connectivity index (χ2n) is 8.93. The van der Waals surface area contributed by atoms with Crippen LogP contribution in [0, 0.1) is 22.0 Å². The monoisotopic (exact) mass is 468 g/mol. The molecule has 0 N–H and O–H groups in total. The van der Waals surface area contributed by atoms with Gasteiger partial charge in [-0.1, -0.05) is 60.7 Å². The van der Waals surface area contributed by atoms with Crippen LogP contribution >= 0.6 is 0 Å². The van der Waals surface area contributed by atoms with E-state index in [4.69, 9.17) is 4.74 Å². The van der Waals surface area contributed by atoms with Gasteiger partial charge < -0.3 is 4.74 Å². The van der Waals surface area contributed by atoms with Crippen molar-refractivity contribution < 1.29 is 24.0 Å². The molecule has 0 radical (unpaired) electrons. The van der Waals surface area contributed by atoms with Crippen molar-refractivity contribution in [1.82, 2.24) is 0 Å². The summed E-state index contributed by atoms with van der Waals surface area (Å²) in [5, 5.41) is 13.0. The van der Waals surface area contributed by atoms with Crippen LogP contribution in [0.3, 0.4) is 0 Å². The van der Waals surface area contributed by atoms with Gasteiger partial charge in [0.2, 0.25) is 11.8 Å². The van der Waals surface area contributed by atoms with E-state index in [9.17, 15) is 24.5 Å². The number of carbonyl (C=O) groups excluding carboxylic acids is 3. The van der Waals surface area contributed by atoms with E-state index in [-0.39, 0.29) is 17.9 Å². The lowest BCUT2D eigenvalue weighted by Gasteiger charge is -2.48. The molecule has 4 aliphatic rings. The molecular weight excluding hydrogens is 448 g/mol. The summed E-state index contributed by atoms with van der Waals surface area (Å²) in [4.78, 5) is 54.2. The molecule has 1 saturated heterocycles. The fourth-order valence-corrected chi connectivity index (χ4v) is 6.33. The molecule has 0 aromatic heterocycles. The molecule has 7 rings (SSSR count). The summed E-state index contributed by atoms with van der Waals surface area (Å²) >= 11 is 0. The standard InChI is InChI=1S/C27H20N2O6/c1-2-35-26(32)17-11-5-8-14-20(17)28-24(30)22-21-15-9-3-6-12-18(15)27(29(33)34,23(22)25(28)31)19-13-7-4-10-16(19)21/h3-14,21-23H,2H2,1H3/t21?,22-,23+,27?/m0/s1. The van der Waals surface area contributed by atoms with Gasteiger partial charge in [-0.2, -0.15) is 0 Å². The molecule has 2 amide bonds. The topological polar surface area (TPSA) is 107 Å². The largest absolute Gasteiger partial charge is 0.462 e. The summed E-state index contributed by atoms with van der Waals surface area (Å²) in [7, 11) is 0. The zero-order valence-electron chi connectivity index (χ0n) is 18.7. The predicted octanol–water partition coefficient (Wildman–Crippen LogP) is 3.65. The van der Waals surface area contributed by atoms with E-state index in [0.717, 1.165) is 4.90 Å². The average Bonchev–Trinajstić information content (AvgIpc) is 3.14. The number of benzene rings is 3. The van der Waals surface area contributed by atoms with Crippen molar-refractivity contribution >= 4 is 23.5 Å². The second-order valence-corrected chi connectivity index (χ2v) is 8.93. The number of esters is 1. The van der Waals surface area contributed by atoms with Crippen LogP contribution in [-0.2, 0) is 19.9 Å². The van der Waals surface area contributed by atoms with E-state index in [1.165, 1.54) is 12.1 Å². The van der Waals surface area contributed by atoms with Gasteiger partial charge in [0.25, 0.3) is 5.54 Å². The number of nitrogens with zero attached hydrogens (tertiary/aromatic N) is 2. The van der Waals surface area contributed by atoms with Gasteiger partial charge in [-0.05, 0) is 30.2 Å². The summed E-state index contributed by atoms with van der Waals surface area (Å²) in [5.74, 6) is -4.61. The number of ether oxygens (including phenoxy) is 1. The van der Waals surface area contributed by atoms with E-state index in [2.05, 4.69) is 0 Å². The van der Waals surface area contributed by atoms with Crippen LogP contribution in [0.4, 0.5) is 5.69 Å². The molecule has 3 aliphatic carbocycles. The first-order valence-electron chi connectivity index (χ1n) is 11.4. The molecule has 0 saturated carbocycles. The zero-order valence-corrected chi connectivity index (χ0v) is 18.7. The highest BCUT2D eigenvalue weighted by Crippen LogP contribution is 2.64. The lowest BCUT2D eigenvalue weighted by atomic mass is 9.51. The van der Waals surface area contributed by atoms with Crippen LogP contribution in [0.15, 0.2) is 72.8 Å². The van der Waals surface area contributed by atoms with Crippen LogP contribution in [0.1, 0.15) is 45.5 Å². The van der Waals surface area contributed by atoms with Gasteiger partial charge in [-0.3, -0.25) is 19.7 Å². The first-order chi connectivity index (χ1) is 16.9. The fraction of sp³-hybridized carbons (Fsp3) is 0.222. The highest BCUT2D eigenvalue weighted by molar-refractivity contribution is 6.25. The highest BCUT2D eigenvalue weighted by Gasteiger charge is 2.75. The SMILES string of the molecule is CCOC(=O)c1ccccc1N1C(=O)[C@H]2C3c4ccccc4C([N+](=O)[O-])(c4ccccc43)[C@H]2C1=O. The molecule has 0 unspecified atom stereocenters. The van der Waals surface area contributed by atoms with Crippen LogP contribution < -0.4 is 4.90 Å². The quantitative estimate of drug-likeness (QED) is 0.250. The maximum atomic E-state index is 14.1. The Bertz CT molecular complexity index is 1400. The van der Waals surface area contributed by atoms with Gasteiger partial charge in [-0.15, -0.1) is 0 Å². The third kappa shape index (κ3) is 2.48. The third-order valence-corrected chi connectivity index (χ3v) is 7.50. The lowest BCUT2D eigenvalue weighted by molar-refractivity contribution is -0.578. The van der Waals surface area contributed by atoms with Gasteiger partial charge in [0.1, 0.15) is 5.92 Å². The van der Waals surface area contributed by atoms with Gasteiger partial charge in [-0.25, -0.2) is 9.69 Å². The van der Waals surface area contributed by atoms with Crippen molar-refractivity contribution in [2.45, 2.75) is 18.4 Å². The summed E-state index contributed by atoms with van der Waals surface area (Å²) in [6.07, 6.45) is 0. The molecular formula is C27H20N2O6. The third-order valence-electron chi connectivity index (χ3n) is 7.50. The number of anilines is 1. The molecule has 8 nitrogen and oxygen atoms in total. The molecule has 35 heavy (non-hydrogen) atoms. The van der Waals surface area contributed by atoms with Crippen molar-refractivity contribution in [3.63, 3.8) is 0 Å². The average molecular weight is 468 g/mol. The molecule has 1 aliphatic heterocycles. The minimum absolute atomic E-state index is 0.0622. The Morgan fingerprint density at radius 1 is 0.943 bits per heavy atom. The van der Waals surface area contributed by atoms with E-state index in [1.54, 1.807) is 67.6 Å². The Labute approximate surface area is 200 Å². The van der Waals surface area contributed by atoms with E-state index in [1.807, 2.05) is 0 Å². The van der Waals surface area contributed by atoms with Gasteiger partial charge in [0.15, 0.2) is 0 Å². The first kappa shape index (κ1) is 21.2. The fourth-order valence-electron chi connectivity index (χ4n) is 6.33. The number of hydrogen-bond acceptors (Lipinski definition) is 6. The molecule has 1 fully saturated rings. The predicted molar refractivity (Wildman–Crippen MR) is 124 cm³/mol. The minimum Gasteiger partial charge on any atom is -0.462 e. The summed E-state index contributed by atoms with van der Waals surface area (Å²) in [6, 6.07) is 20.2. The molecule has 2 bridgehead atoms. The number of amides is 2. The Morgan fingerprint density at radius 2 is 1.51 bits per heavy atom. The van der Waals surface area contributed by atoms with Crippen molar-refractivity contribution in [3.8, 4) is 0 Å². The van der Waals surface area contributed by atoms with Crippen molar-refractivity contribution in [1.29, 1.82) is 0 Å². The molecule has 3 aromatic rings. The smallest absolute Gasteiger partial charge is 0.340 e. The summed E-state index contributed by atoms with van der Waals surface area (Å²) in [6.45, 7) is 1.78. The highest BCUT2D eigenvalue weighted by atomic mass is 16.6. The molecule has 2 atom stereocenters. The van der Waals surface area contributed by atoms with Crippen LogP contribution in [0.25, 0.3) is 0 Å². The number of para-hydroxylation sites is 1. The Kier molecular flexibility index (Phi) is 4.45. The first-order valence-corrected chi connectivity index (χ1v) is 11.4. The molecule has 1 heterocycles. The molecule has 0 spiro atoms. The summed E-state index contributed by atoms with van der Waals surface area (Å²) < 4.78 is 5.13. The number of carbonyl (C=O) groups is 3. The Hall–Kier alpha value is -4.33. The molecule has 3 aromatic carbocycles. The van der Waals surface area contributed by atoms with Crippen LogP contribution in [0.2, 0.25) is 0 Å². The zero-order chi connectivity index (χ0) is 24.5. The van der Waals surface area contributed by atoms with Gasteiger partial charge in [0.05, 0.1) is 23.8 Å². The number of nitro groups is 1. The van der Waals surface area contributed by atoms with E-state index < -0.39 is 46.0 Å². The summed E-state index contributed by atoms with van der Waals surface area (Å²) in [5.41, 5.74) is 0.492.